The van der Waals surface area contributed by atoms with Gasteiger partial charge in [-0.15, -0.1) is 10.2 Å². The van der Waals surface area contributed by atoms with Gasteiger partial charge in [-0.05, 0) is 31.2 Å². The van der Waals surface area contributed by atoms with Crippen molar-refractivity contribution in [1.82, 2.24) is 14.8 Å². The number of nitrogens with zero attached hydrogens (tertiary/aromatic N) is 3. The third kappa shape index (κ3) is 5.60. The number of nitrogens with one attached hydrogen (secondary N) is 2. The summed E-state index contributed by atoms with van der Waals surface area (Å²) < 4.78 is 6.95. The van der Waals surface area contributed by atoms with Gasteiger partial charge in [0.15, 0.2) is 5.16 Å². The molecule has 30 heavy (non-hydrogen) atoms. The zero-order valence-electron chi connectivity index (χ0n) is 17.0. The van der Waals surface area contributed by atoms with Crippen molar-refractivity contribution in [2.75, 3.05) is 23.5 Å². The van der Waals surface area contributed by atoms with E-state index in [4.69, 9.17) is 4.74 Å². The van der Waals surface area contributed by atoms with Crippen LogP contribution in [-0.4, -0.2) is 39.4 Å². The van der Waals surface area contributed by atoms with Gasteiger partial charge in [0, 0.05) is 12.7 Å². The summed E-state index contributed by atoms with van der Waals surface area (Å²) in [5, 5.41) is 14.4. The lowest BCUT2D eigenvalue weighted by Crippen LogP contribution is -2.17. The Morgan fingerprint density at radius 1 is 1.03 bits per heavy atom. The van der Waals surface area contributed by atoms with Crippen LogP contribution in [0.2, 0.25) is 0 Å². The van der Waals surface area contributed by atoms with E-state index in [9.17, 15) is 9.59 Å². The van der Waals surface area contributed by atoms with Gasteiger partial charge < -0.3 is 19.9 Å². The summed E-state index contributed by atoms with van der Waals surface area (Å²) in [6.45, 7) is 1.99. The van der Waals surface area contributed by atoms with E-state index >= 15 is 0 Å². The molecule has 0 spiro atoms. The summed E-state index contributed by atoms with van der Waals surface area (Å²) in [4.78, 5) is 24.6. The summed E-state index contributed by atoms with van der Waals surface area (Å²) in [7, 11) is 3.32. The number of carbonyl (C=O) groups is 2. The van der Waals surface area contributed by atoms with Crippen LogP contribution in [0.25, 0.3) is 0 Å². The Kier molecular flexibility index (Phi) is 7.08. The molecule has 1 heterocycles. The number of carbonyl (C=O) groups excluding carboxylic acids is 2. The number of thioether (sulfide) groups is 1. The molecule has 0 fully saturated rings. The van der Waals surface area contributed by atoms with Crippen molar-refractivity contribution in [3.8, 4) is 5.75 Å². The molecule has 8 nitrogen and oxygen atoms in total. The molecular weight excluding hydrogens is 402 g/mol. The summed E-state index contributed by atoms with van der Waals surface area (Å²) in [6.07, 6.45) is 0.0886. The van der Waals surface area contributed by atoms with Crippen molar-refractivity contribution in [1.29, 1.82) is 0 Å². The van der Waals surface area contributed by atoms with E-state index < -0.39 is 0 Å². The fraction of sp³-hybridized carbons (Fsp3) is 0.238. The van der Waals surface area contributed by atoms with Gasteiger partial charge in [-0.2, -0.15) is 0 Å². The molecule has 156 valence electrons. The maximum atomic E-state index is 12.3. The monoisotopic (exact) mass is 425 g/mol. The Morgan fingerprint density at radius 2 is 1.77 bits per heavy atom. The van der Waals surface area contributed by atoms with Gasteiger partial charge in [-0.1, -0.05) is 41.6 Å². The molecule has 0 bridgehead atoms. The first-order chi connectivity index (χ1) is 14.5. The van der Waals surface area contributed by atoms with Crippen LogP contribution in [0.5, 0.6) is 5.75 Å². The number of anilines is 2. The number of amides is 2. The van der Waals surface area contributed by atoms with Crippen LogP contribution in [0, 0.1) is 6.92 Å². The van der Waals surface area contributed by atoms with Gasteiger partial charge in [-0.25, -0.2) is 0 Å². The first kappa shape index (κ1) is 21.4. The maximum absolute atomic E-state index is 12.3. The molecule has 0 aliphatic heterocycles. The molecule has 3 rings (SSSR count). The van der Waals surface area contributed by atoms with E-state index in [0.717, 1.165) is 11.3 Å². The summed E-state index contributed by atoms with van der Waals surface area (Å²) >= 11 is 1.25. The Bertz CT molecular complexity index is 1030. The van der Waals surface area contributed by atoms with Gasteiger partial charge in [0.1, 0.15) is 11.6 Å². The Hall–Kier alpha value is -3.33. The molecular formula is C21H23N5O3S. The van der Waals surface area contributed by atoms with Crippen molar-refractivity contribution >= 4 is 35.0 Å². The van der Waals surface area contributed by atoms with E-state index in [1.165, 1.54) is 11.8 Å². The highest BCUT2D eigenvalue weighted by atomic mass is 32.2. The number of aryl methyl sites for hydroxylation is 1. The Morgan fingerprint density at radius 3 is 2.50 bits per heavy atom. The molecule has 2 amide bonds. The fourth-order valence-corrected chi connectivity index (χ4v) is 3.40. The Balaban J connectivity index is 1.54. The number of para-hydroxylation sites is 2. The summed E-state index contributed by atoms with van der Waals surface area (Å²) in [5.41, 5.74) is 2.46. The highest BCUT2D eigenvalue weighted by molar-refractivity contribution is 7.99. The second kappa shape index (κ2) is 9.93. The number of aromatic nitrogens is 3. The van der Waals surface area contributed by atoms with Gasteiger partial charge in [-0.3, -0.25) is 9.59 Å². The fourth-order valence-electron chi connectivity index (χ4n) is 2.67. The predicted octanol–water partition coefficient (Wildman–Crippen LogP) is 3.04. The maximum Gasteiger partial charge on any atom is 0.234 e. The SMILES string of the molecule is COc1ccccc1NC(=O)CSc1nnc(CC(=O)Nc2ccc(C)cc2)n1C. The third-order valence-electron chi connectivity index (χ3n) is 4.29. The number of benzene rings is 2. The molecule has 0 saturated heterocycles. The number of ether oxygens (including phenoxy) is 1. The number of rotatable bonds is 8. The lowest BCUT2D eigenvalue weighted by Gasteiger charge is -2.09. The summed E-state index contributed by atoms with van der Waals surface area (Å²) in [5.74, 6) is 0.897. The van der Waals surface area contributed by atoms with Crippen LogP contribution >= 0.6 is 11.8 Å². The van der Waals surface area contributed by atoms with Crippen molar-refractivity contribution < 1.29 is 14.3 Å². The van der Waals surface area contributed by atoms with E-state index in [1.54, 1.807) is 30.9 Å². The quantitative estimate of drug-likeness (QED) is 0.539. The zero-order chi connectivity index (χ0) is 21.5. The standard InChI is InChI=1S/C21H23N5O3S/c1-14-8-10-15(11-9-14)22-19(27)12-18-24-25-21(26(18)2)30-13-20(28)23-16-6-4-5-7-17(16)29-3/h4-11H,12-13H2,1-3H3,(H,22,27)(H,23,28). The number of hydrogen-bond donors (Lipinski definition) is 2. The number of hydrogen-bond acceptors (Lipinski definition) is 6. The van der Waals surface area contributed by atoms with Crippen LogP contribution in [-0.2, 0) is 23.1 Å². The van der Waals surface area contributed by atoms with E-state index in [2.05, 4.69) is 20.8 Å². The van der Waals surface area contributed by atoms with Gasteiger partial charge in [0.25, 0.3) is 0 Å². The zero-order valence-corrected chi connectivity index (χ0v) is 17.8. The summed E-state index contributed by atoms with van der Waals surface area (Å²) in [6, 6.07) is 14.8. The highest BCUT2D eigenvalue weighted by Gasteiger charge is 2.15. The van der Waals surface area contributed by atoms with Crippen molar-refractivity contribution in [2.45, 2.75) is 18.5 Å². The molecule has 0 aliphatic carbocycles. The molecule has 2 aromatic carbocycles. The number of methoxy groups -OCH3 is 1. The van der Waals surface area contributed by atoms with Gasteiger partial charge in [0.05, 0.1) is 25.0 Å². The van der Waals surface area contributed by atoms with Crippen LogP contribution < -0.4 is 15.4 Å². The molecule has 3 aromatic rings. The largest absolute Gasteiger partial charge is 0.495 e. The molecule has 1 aromatic heterocycles. The highest BCUT2D eigenvalue weighted by Crippen LogP contribution is 2.24. The van der Waals surface area contributed by atoms with E-state index in [0.29, 0.717) is 22.4 Å². The lowest BCUT2D eigenvalue weighted by atomic mass is 10.2. The molecule has 9 heteroatoms. The van der Waals surface area contributed by atoms with Crippen LogP contribution in [0.4, 0.5) is 11.4 Å². The average molecular weight is 426 g/mol. The van der Waals surface area contributed by atoms with Gasteiger partial charge in [0.2, 0.25) is 11.8 Å². The van der Waals surface area contributed by atoms with Gasteiger partial charge >= 0.3 is 0 Å². The van der Waals surface area contributed by atoms with Crippen LogP contribution in [0.15, 0.2) is 53.7 Å². The Labute approximate surface area is 179 Å². The predicted molar refractivity (Wildman–Crippen MR) is 117 cm³/mol. The van der Waals surface area contributed by atoms with E-state index in [-0.39, 0.29) is 24.0 Å². The topological polar surface area (TPSA) is 98.1 Å². The molecule has 2 N–H and O–H groups in total. The normalized spacial score (nSPS) is 10.5. The molecule has 0 aliphatic rings. The molecule has 0 unspecified atom stereocenters. The molecule has 0 atom stereocenters. The smallest absolute Gasteiger partial charge is 0.234 e. The molecule has 0 radical (unpaired) electrons. The minimum absolute atomic E-state index is 0.0886. The second-order valence-corrected chi connectivity index (χ2v) is 7.53. The second-order valence-electron chi connectivity index (χ2n) is 6.59. The third-order valence-corrected chi connectivity index (χ3v) is 5.31. The lowest BCUT2D eigenvalue weighted by molar-refractivity contribution is -0.116. The minimum atomic E-state index is -0.189. The molecule has 0 saturated carbocycles. The van der Waals surface area contributed by atoms with E-state index in [1.807, 2.05) is 43.3 Å². The van der Waals surface area contributed by atoms with Crippen molar-refractivity contribution in [3.63, 3.8) is 0 Å². The van der Waals surface area contributed by atoms with Crippen molar-refractivity contribution in [2.24, 2.45) is 7.05 Å². The first-order valence-corrected chi connectivity index (χ1v) is 10.3. The average Bonchev–Trinajstić information content (AvgIpc) is 3.08. The van der Waals surface area contributed by atoms with Crippen LogP contribution in [0.1, 0.15) is 11.4 Å². The van der Waals surface area contributed by atoms with Crippen LogP contribution in [0.3, 0.4) is 0 Å². The first-order valence-electron chi connectivity index (χ1n) is 9.26. The minimum Gasteiger partial charge on any atom is -0.495 e. The van der Waals surface area contributed by atoms with Crippen molar-refractivity contribution in [3.05, 3.63) is 59.9 Å².